The van der Waals surface area contributed by atoms with Crippen LogP contribution in [-0.4, -0.2) is 43.2 Å². The molecule has 0 saturated heterocycles. The van der Waals surface area contributed by atoms with Crippen molar-refractivity contribution in [2.45, 2.75) is 43.1 Å². The molecular weight excluding hydrogens is 451 g/mol. The number of carbonyl (C=O) groups excluding carboxylic acids is 1. The third-order valence-corrected chi connectivity index (χ3v) is 6.93. The number of aliphatic hydroxyl groups is 1. The number of imidazole rings is 1. The Morgan fingerprint density at radius 1 is 1.28 bits per heavy atom. The first-order valence-electron chi connectivity index (χ1n) is 10.0. The molecule has 0 radical (unpaired) electrons. The molecule has 2 unspecified atom stereocenters. The van der Waals surface area contributed by atoms with Gasteiger partial charge in [-0.1, -0.05) is 11.6 Å². The van der Waals surface area contributed by atoms with Gasteiger partial charge in [-0.2, -0.15) is 8.78 Å². The van der Waals surface area contributed by atoms with E-state index >= 15 is 0 Å². The van der Waals surface area contributed by atoms with Crippen LogP contribution in [0.5, 0.6) is 0 Å². The Morgan fingerprint density at radius 3 is 2.47 bits per heavy atom. The summed E-state index contributed by atoms with van der Waals surface area (Å²) >= 11 is 5.76. The smallest absolute Gasteiger partial charge is 0.377 e. The fraction of sp³-hybridized carbons (Fsp3) is 0.476. The number of rotatable bonds is 5. The van der Waals surface area contributed by atoms with E-state index in [0.29, 0.717) is 24.2 Å². The summed E-state index contributed by atoms with van der Waals surface area (Å²) < 4.78 is 43.0. The fourth-order valence-electron chi connectivity index (χ4n) is 5.13. The van der Waals surface area contributed by atoms with Crippen LogP contribution in [0, 0.1) is 17.7 Å². The Hall–Kier alpha value is -2.59. The number of fused-ring (bicyclic) bond motifs is 1. The van der Waals surface area contributed by atoms with Crippen molar-refractivity contribution in [3.05, 3.63) is 46.8 Å². The second-order valence-electron chi connectivity index (χ2n) is 8.68. The minimum Gasteiger partial charge on any atom is -0.477 e. The number of carbonyl (C=O) groups is 2. The molecule has 2 aliphatic carbocycles. The number of aryl methyl sites for hydroxylation is 1. The van der Waals surface area contributed by atoms with Crippen LogP contribution in [0.3, 0.4) is 0 Å². The van der Waals surface area contributed by atoms with Crippen LogP contribution in [0.2, 0.25) is 5.02 Å². The topological polar surface area (TPSA) is 104 Å². The van der Waals surface area contributed by atoms with E-state index in [-0.39, 0.29) is 41.3 Å². The van der Waals surface area contributed by atoms with Gasteiger partial charge in [-0.3, -0.25) is 4.79 Å². The quantitative estimate of drug-likeness (QED) is 0.615. The van der Waals surface area contributed by atoms with E-state index in [0.717, 1.165) is 6.07 Å². The van der Waals surface area contributed by atoms with Gasteiger partial charge in [0.1, 0.15) is 17.1 Å². The van der Waals surface area contributed by atoms with E-state index in [9.17, 15) is 27.9 Å². The monoisotopic (exact) mass is 471 g/mol. The van der Waals surface area contributed by atoms with E-state index in [1.807, 2.05) is 0 Å². The second-order valence-corrected chi connectivity index (χ2v) is 9.09. The van der Waals surface area contributed by atoms with Crippen LogP contribution in [-0.2, 0) is 11.8 Å². The van der Waals surface area contributed by atoms with Crippen LogP contribution in [0.25, 0.3) is 0 Å². The van der Waals surface area contributed by atoms with Gasteiger partial charge in [0, 0.05) is 18.7 Å². The van der Waals surface area contributed by atoms with Crippen LogP contribution in [0.15, 0.2) is 24.5 Å². The van der Waals surface area contributed by atoms with E-state index in [2.05, 4.69) is 10.3 Å². The fourth-order valence-corrected chi connectivity index (χ4v) is 5.31. The zero-order chi connectivity index (χ0) is 23.4. The molecule has 2 aromatic rings. The predicted octanol–water partition coefficient (Wildman–Crippen LogP) is 3.82. The summed E-state index contributed by atoms with van der Waals surface area (Å²) in [4.78, 5) is 28.2. The molecule has 4 rings (SSSR count). The van der Waals surface area contributed by atoms with Gasteiger partial charge in [0.05, 0.1) is 17.0 Å². The number of halogens is 4. The molecule has 1 heterocycles. The summed E-state index contributed by atoms with van der Waals surface area (Å²) in [5, 5.41) is 21.7. The number of alkyl halides is 2. The van der Waals surface area contributed by atoms with Crippen molar-refractivity contribution in [2.75, 3.05) is 5.32 Å². The molecule has 3 N–H and O–H groups in total. The molecular formula is C21H21ClF3N3O4. The molecule has 1 amide bonds. The Bertz CT molecular complexity index is 1080. The third-order valence-electron chi connectivity index (χ3n) is 6.64. The van der Waals surface area contributed by atoms with Crippen molar-refractivity contribution >= 4 is 29.2 Å². The molecule has 1 aromatic carbocycles. The average molecular weight is 472 g/mol. The molecule has 1 aromatic heterocycles. The Balaban J connectivity index is 1.51. The number of nitrogens with zero attached hydrogens (tertiary/aromatic N) is 2. The van der Waals surface area contributed by atoms with E-state index in [4.69, 9.17) is 16.7 Å². The van der Waals surface area contributed by atoms with Crippen LogP contribution < -0.4 is 5.32 Å². The number of nitrogens with one attached hydrogen (secondary N) is 1. The number of anilines is 1. The summed E-state index contributed by atoms with van der Waals surface area (Å²) in [7, 11) is 1.64. The summed E-state index contributed by atoms with van der Waals surface area (Å²) in [6.45, 7) is 0. The molecule has 0 aliphatic heterocycles. The molecule has 2 atom stereocenters. The number of hydrogen-bond acceptors (Lipinski definition) is 4. The number of carboxylic acid groups (broad SMARTS) is 1. The number of aromatic nitrogens is 2. The Kier molecular flexibility index (Phi) is 5.49. The van der Waals surface area contributed by atoms with Gasteiger partial charge in [-0.25, -0.2) is 14.2 Å². The number of benzene rings is 1. The van der Waals surface area contributed by atoms with Gasteiger partial charge in [0.2, 0.25) is 0 Å². The highest BCUT2D eigenvalue weighted by Crippen LogP contribution is 2.57. The number of amides is 1. The second kappa shape index (κ2) is 7.77. The standard InChI is InChI=1S/C21H21ClF3N3O4/c1-28-9-26-16(17(28)18(29)27-13-2-3-15(23)14(22)6-13)10-4-11-7-20(32,8-12(11)5-10)21(24,25)19(30)31/h2-3,6,9-12,32H,4-5,7-8H2,1H3,(H,27,29)(H,30,31). The third kappa shape index (κ3) is 3.65. The van der Waals surface area contributed by atoms with Gasteiger partial charge in [-0.05, 0) is 55.7 Å². The maximum atomic E-state index is 14.0. The van der Waals surface area contributed by atoms with Gasteiger partial charge in [-0.15, -0.1) is 0 Å². The normalized spacial score (nSPS) is 27.4. The van der Waals surface area contributed by atoms with E-state index in [1.165, 1.54) is 18.5 Å². The molecule has 32 heavy (non-hydrogen) atoms. The predicted molar refractivity (Wildman–Crippen MR) is 108 cm³/mol. The molecule has 0 spiro atoms. The van der Waals surface area contributed by atoms with Gasteiger partial charge < -0.3 is 20.1 Å². The maximum Gasteiger partial charge on any atom is 0.377 e. The van der Waals surface area contributed by atoms with Crippen LogP contribution in [0.1, 0.15) is 47.8 Å². The zero-order valence-electron chi connectivity index (χ0n) is 17.0. The lowest BCUT2D eigenvalue weighted by Gasteiger charge is -2.30. The lowest BCUT2D eigenvalue weighted by Crippen LogP contribution is -2.52. The first-order chi connectivity index (χ1) is 14.9. The number of aliphatic carboxylic acids is 1. The lowest BCUT2D eigenvalue weighted by molar-refractivity contribution is -0.208. The molecule has 2 saturated carbocycles. The number of hydrogen-bond donors (Lipinski definition) is 3. The summed E-state index contributed by atoms with van der Waals surface area (Å²) in [5.41, 5.74) is -1.49. The molecule has 0 bridgehead atoms. The first-order valence-corrected chi connectivity index (χ1v) is 10.4. The van der Waals surface area contributed by atoms with Crippen molar-refractivity contribution in [3.63, 3.8) is 0 Å². The summed E-state index contributed by atoms with van der Waals surface area (Å²) in [6.07, 6.45) is 1.64. The summed E-state index contributed by atoms with van der Waals surface area (Å²) in [5.74, 6) is -8.45. The Morgan fingerprint density at radius 2 is 1.91 bits per heavy atom. The van der Waals surface area contributed by atoms with Gasteiger partial charge in [0.25, 0.3) is 5.91 Å². The average Bonchev–Trinajstić information content (AvgIpc) is 3.35. The molecule has 7 nitrogen and oxygen atoms in total. The molecule has 2 fully saturated rings. The minimum atomic E-state index is -4.22. The molecule has 11 heteroatoms. The highest BCUT2D eigenvalue weighted by molar-refractivity contribution is 6.31. The summed E-state index contributed by atoms with van der Waals surface area (Å²) in [6, 6.07) is 3.79. The van der Waals surface area contributed by atoms with Crippen LogP contribution in [0.4, 0.5) is 18.9 Å². The van der Waals surface area contributed by atoms with Crippen molar-refractivity contribution in [3.8, 4) is 0 Å². The van der Waals surface area contributed by atoms with Crippen molar-refractivity contribution in [2.24, 2.45) is 18.9 Å². The van der Waals surface area contributed by atoms with E-state index < -0.39 is 29.2 Å². The largest absolute Gasteiger partial charge is 0.477 e. The highest BCUT2D eigenvalue weighted by atomic mass is 35.5. The SMILES string of the molecule is Cn1cnc(C2CC3CC(O)(C(F)(F)C(=O)O)CC3C2)c1C(=O)Nc1ccc(F)c(Cl)c1. The highest BCUT2D eigenvalue weighted by Gasteiger charge is 2.65. The zero-order valence-corrected chi connectivity index (χ0v) is 17.7. The van der Waals surface area contributed by atoms with E-state index in [1.54, 1.807) is 11.6 Å². The molecule has 172 valence electrons. The van der Waals surface area contributed by atoms with Crippen molar-refractivity contribution < 1.29 is 33.0 Å². The maximum absolute atomic E-state index is 14.0. The Labute approximate surface area is 186 Å². The van der Waals surface area contributed by atoms with Gasteiger partial charge >= 0.3 is 11.9 Å². The van der Waals surface area contributed by atoms with Gasteiger partial charge in [0.15, 0.2) is 0 Å². The van der Waals surface area contributed by atoms with Crippen LogP contribution >= 0.6 is 11.6 Å². The number of carboxylic acids is 1. The first kappa shape index (κ1) is 22.6. The lowest BCUT2D eigenvalue weighted by atomic mass is 9.88. The van der Waals surface area contributed by atoms with Crippen molar-refractivity contribution in [1.29, 1.82) is 0 Å². The minimum absolute atomic E-state index is 0.137. The molecule has 2 aliphatic rings. The van der Waals surface area contributed by atoms with Crippen molar-refractivity contribution in [1.82, 2.24) is 9.55 Å².